The van der Waals surface area contributed by atoms with E-state index in [2.05, 4.69) is 20.7 Å². The number of benzene rings is 2. The molecule has 0 saturated heterocycles. The lowest BCUT2D eigenvalue weighted by Crippen LogP contribution is -2.17. The zero-order valence-electron chi connectivity index (χ0n) is 10.1. The molecule has 0 aliphatic heterocycles. The number of phenolic OH excluding ortho intramolecular Hbond substituents is 1. The van der Waals surface area contributed by atoms with Gasteiger partial charge in [-0.25, -0.2) is 0 Å². The molecule has 2 rings (SSSR count). The van der Waals surface area contributed by atoms with Gasteiger partial charge < -0.3 is 9.84 Å². The van der Waals surface area contributed by atoms with Crippen molar-refractivity contribution in [1.82, 2.24) is 0 Å². The summed E-state index contributed by atoms with van der Waals surface area (Å²) in [5.41, 5.74) is 1.66. The largest absolute Gasteiger partial charge is 0.573 e. The highest BCUT2D eigenvalue weighted by Gasteiger charge is 2.31. The first kappa shape index (κ1) is 14.7. The predicted octanol–water partition coefficient (Wildman–Crippen LogP) is 4.78. The first-order valence-corrected chi connectivity index (χ1v) is 6.55. The van der Waals surface area contributed by atoms with E-state index in [0.29, 0.717) is 0 Å². The number of halogens is 4. The van der Waals surface area contributed by atoms with Gasteiger partial charge in [0, 0.05) is 0 Å². The summed E-state index contributed by atoms with van der Waals surface area (Å²) in [5, 5.41) is 9.22. The molecule has 2 aromatic rings. The number of rotatable bonds is 3. The van der Waals surface area contributed by atoms with Gasteiger partial charge in [0.15, 0.2) is 0 Å². The Morgan fingerprint density at radius 3 is 1.80 bits per heavy atom. The fourth-order valence-corrected chi connectivity index (χ4v) is 2.28. The quantitative estimate of drug-likeness (QED) is 0.810. The molecule has 0 aromatic heterocycles. The van der Waals surface area contributed by atoms with Crippen LogP contribution in [-0.2, 0) is 0 Å². The highest BCUT2D eigenvalue weighted by Crippen LogP contribution is 2.33. The van der Waals surface area contributed by atoms with Crippen LogP contribution in [0.2, 0.25) is 0 Å². The summed E-state index contributed by atoms with van der Waals surface area (Å²) in [7, 11) is 0. The van der Waals surface area contributed by atoms with Crippen molar-refractivity contribution in [2.45, 2.75) is 11.2 Å². The second-order valence-corrected chi connectivity index (χ2v) is 4.99. The maximum absolute atomic E-state index is 12.0. The van der Waals surface area contributed by atoms with Crippen molar-refractivity contribution in [3.63, 3.8) is 0 Å². The van der Waals surface area contributed by atoms with Crippen molar-refractivity contribution >= 4 is 15.9 Å². The second kappa shape index (κ2) is 5.75. The third kappa shape index (κ3) is 3.90. The normalized spacial score (nSPS) is 13.0. The Morgan fingerprint density at radius 1 is 0.900 bits per heavy atom. The van der Waals surface area contributed by atoms with Crippen molar-refractivity contribution in [1.29, 1.82) is 0 Å². The topological polar surface area (TPSA) is 29.5 Å². The molecule has 0 bridgehead atoms. The summed E-state index contributed by atoms with van der Waals surface area (Å²) in [6, 6.07) is 12.2. The summed E-state index contributed by atoms with van der Waals surface area (Å²) in [6.45, 7) is 0. The Bertz CT molecular complexity index is 564. The maximum Gasteiger partial charge on any atom is 0.573 e. The Labute approximate surface area is 121 Å². The standard InChI is InChI=1S/C14H10BrF3O2/c15-13(9-1-5-11(19)6-2-9)10-3-7-12(8-4-10)20-14(16,17)18/h1-8,13,19H. The Kier molecular flexibility index (Phi) is 4.23. The highest BCUT2D eigenvalue weighted by molar-refractivity contribution is 9.09. The van der Waals surface area contributed by atoms with Gasteiger partial charge in [0.05, 0.1) is 4.83 Å². The molecule has 1 unspecified atom stereocenters. The first-order valence-electron chi connectivity index (χ1n) is 5.64. The van der Waals surface area contributed by atoms with E-state index in [1.54, 1.807) is 36.4 Å². The van der Waals surface area contributed by atoms with E-state index in [0.717, 1.165) is 11.1 Å². The van der Waals surface area contributed by atoms with E-state index < -0.39 is 6.36 Å². The molecule has 0 aliphatic carbocycles. The van der Waals surface area contributed by atoms with Gasteiger partial charge in [-0.3, -0.25) is 0 Å². The van der Waals surface area contributed by atoms with E-state index in [9.17, 15) is 18.3 Å². The average molecular weight is 347 g/mol. The monoisotopic (exact) mass is 346 g/mol. The number of hydrogen-bond acceptors (Lipinski definition) is 2. The first-order chi connectivity index (χ1) is 9.35. The lowest BCUT2D eigenvalue weighted by Gasteiger charge is -2.13. The van der Waals surface area contributed by atoms with Crippen LogP contribution in [-0.4, -0.2) is 11.5 Å². The smallest absolute Gasteiger partial charge is 0.508 e. The lowest BCUT2D eigenvalue weighted by molar-refractivity contribution is -0.274. The van der Waals surface area contributed by atoms with Crippen LogP contribution >= 0.6 is 15.9 Å². The molecule has 0 amide bonds. The molecule has 0 aliphatic rings. The van der Waals surface area contributed by atoms with E-state index in [1.165, 1.54) is 12.1 Å². The summed E-state index contributed by atoms with van der Waals surface area (Å²) in [6.07, 6.45) is -4.69. The van der Waals surface area contributed by atoms with Gasteiger partial charge in [-0.15, -0.1) is 13.2 Å². The molecule has 0 heterocycles. The van der Waals surface area contributed by atoms with Gasteiger partial charge in [0.2, 0.25) is 0 Å². The number of alkyl halides is 4. The van der Waals surface area contributed by atoms with Gasteiger partial charge in [-0.1, -0.05) is 40.2 Å². The molecule has 2 aromatic carbocycles. The number of phenols is 1. The fraction of sp³-hybridized carbons (Fsp3) is 0.143. The van der Waals surface area contributed by atoms with Crippen LogP contribution in [0.1, 0.15) is 16.0 Å². The molecule has 0 radical (unpaired) electrons. The SMILES string of the molecule is Oc1ccc(C(Br)c2ccc(OC(F)(F)F)cc2)cc1. The maximum atomic E-state index is 12.0. The van der Waals surface area contributed by atoms with E-state index in [1.807, 2.05) is 0 Å². The molecule has 106 valence electrons. The minimum Gasteiger partial charge on any atom is -0.508 e. The minimum atomic E-state index is -4.69. The molecular formula is C14H10BrF3O2. The molecule has 1 N–H and O–H groups in total. The van der Waals surface area contributed by atoms with Gasteiger partial charge in [0.25, 0.3) is 0 Å². The number of hydrogen-bond donors (Lipinski definition) is 1. The second-order valence-electron chi connectivity index (χ2n) is 4.07. The molecular weight excluding hydrogens is 337 g/mol. The van der Waals surface area contributed by atoms with E-state index in [4.69, 9.17) is 0 Å². The summed E-state index contributed by atoms with van der Waals surface area (Å²) in [5.74, 6) is -0.103. The van der Waals surface area contributed by atoms with E-state index >= 15 is 0 Å². The predicted molar refractivity (Wildman–Crippen MR) is 72.0 cm³/mol. The third-order valence-electron chi connectivity index (χ3n) is 2.59. The van der Waals surface area contributed by atoms with E-state index in [-0.39, 0.29) is 16.3 Å². The van der Waals surface area contributed by atoms with Crippen LogP contribution in [0, 0.1) is 0 Å². The molecule has 6 heteroatoms. The van der Waals surface area contributed by atoms with Crippen LogP contribution in [0.15, 0.2) is 48.5 Å². The van der Waals surface area contributed by atoms with Crippen molar-refractivity contribution < 1.29 is 23.0 Å². The van der Waals surface area contributed by atoms with Crippen LogP contribution in [0.25, 0.3) is 0 Å². The Morgan fingerprint density at radius 2 is 1.35 bits per heavy atom. The van der Waals surface area contributed by atoms with Crippen LogP contribution in [0.4, 0.5) is 13.2 Å². The van der Waals surface area contributed by atoms with Crippen LogP contribution in [0.5, 0.6) is 11.5 Å². The minimum absolute atomic E-state index is 0.155. The number of ether oxygens (including phenoxy) is 1. The summed E-state index contributed by atoms with van der Waals surface area (Å²) in [4.78, 5) is -0.178. The fourth-order valence-electron chi connectivity index (χ4n) is 1.67. The zero-order chi connectivity index (χ0) is 14.8. The van der Waals surface area contributed by atoms with Crippen molar-refractivity contribution in [3.8, 4) is 11.5 Å². The summed E-state index contributed by atoms with van der Waals surface area (Å²) >= 11 is 3.46. The third-order valence-corrected chi connectivity index (χ3v) is 3.65. The molecule has 0 spiro atoms. The van der Waals surface area contributed by atoms with Gasteiger partial charge in [0.1, 0.15) is 11.5 Å². The molecule has 0 fully saturated rings. The Balaban J connectivity index is 2.15. The molecule has 1 atom stereocenters. The van der Waals surface area contributed by atoms with Gasteiger partial charge in [-0.05, 0) is 35.4 Å². The molecule has 2 nitrogen and oxygen atoms in total. The van der Waals surface area contributed by atoms with Crippen LogP contribution < -0.4 is 4.74 Å². The van der Waals surface area contributed by atoms with Crippen molar-refractivity contribution in [2.75, 3.05) is 0 Å². The summed E-state index contributed by atoms with van der Waals surface area (Å²) < 4.78 is 40.0. The van der Waals surface area contributed by atoms with Crippen LogP contribution in [0.3, 0.4) is 0 Å². The zero-order valence-corrected chi connectivity index (χ0v) is 11.6. The number of aromatic hydroxyl groups is 1. The lowest BCUT2D eigenvalue weighted by atomic mass is 10.0. The molecule has 0 saturated carbocycles. The molecule has 20 heavy (non-hydrogen) atoms. The van der Waals surface area contributed by atoms with Crippen molar-refractivity contribution in [3.05, 3.63) is 59.7 Å². The highest BCUT2D eigenvalue weighted by atomic mass is 79.9. The van der Waals surface area contributed by atoms with Crippen molar-refractivity contribution in [2.24, 2.45) is 0 Å². The van der Waals surface area contributed by atoms with Gasteiger partial charge in [-0.2, -0.15) is 0 Å². The average Bonchev–Trinajstić information content (AvgIpc) is 2.38. The Hall–Kier alpha value is -1.69. The van der Waals surface area contributed by atoms with Gasteiger partial charge >= 0.3 is 6.36 Å².